The van der Waals surface area contributed by atoms with Gasteiger partial charge in [0.1, 0.15) is 0 Å². The zero-order chi connectivity index (χ0) is 13.0. The molecule has 0 saturated heterocycles. The molecule has 0 aromatic carbocycles. The number of nitrogens with one attached hydrogen (secondary N) is 1. The van der Waals surface area contributed by atoms with Gasteiger partial charge in [-0.3, -0.25) is 0 Å². The molecule has 106 valence electrons. The Balaban J connectivity index is 1.69. The summed E-state index contributed by atoms with van der Waals surface area (Å²) in [6, 6.07) is 0.823. The van der Waals surface area contributed by atoms with Crippen molar-refractivity contribution >= 4 is 0 Å². The van der Waals surface area contributed by atoms with E-state index in [1.165, 1.54) is 57.9 Å². The molecule has 4 atom stereocenters. The van der Waals surface area contributed by atoms with Gasteiger partial charge in [0.25, 0.3) is 0 Å². The van der Waals surface area contributed by atoms with Gasteiger partial charge in [0.15, 0.2) is 0 Å². The van der Waals surface area contributed by atoms with Gasteiger partial charge in [0.2, 0.25) is 0 Å². The molecule has 2 aliphatic carbocycles. The van der Waals surface area contributed by atoms with E-state index in [4.69, 9.17) is 0 Å². The Bertz CT molecular complexity index is 236. The Hall–Kier alpha value is -0.0400. The van der Waals surface area contributed by atoms with Crippen molar-refractivity contribution < 1.29 is 0 Å². The molecule has 2 aliphatic rings. The highest BCUT2D eigenvalue weighted by Gasteiger charge is 2.25. The molecule has 0 aromatic rings. The second-order valence-corrected chi connectivity index (χ2v) is 7.41. The van der Waals surface area contributed by atoms with Gasteiger partial charge >= 0.3 is 0 Å². The Kier molecular flexibility index (Phi) is 5.54. The summed E-state index contributed by atoms with van der Waals surface area (Å²) in [7, 11) is 0. The molecule has 0 spiro atoms. The van der Waals surface area contributed by atoms with E-state index in [-0.39, 0.29) is 0 Å². The quantitative estimate of drug-likeness (QED) is 0.769. The SMILES string of the molecule is CC1CCCC(CNC2CCCC(C(C)C)C2)C1. The predicted octanol–water partition coefficient (Wildman–Crippen LogP) is 4.62. The molecule has 18 heavy (non-hydrogen) atoms. The highest BCUT2D eigenvalue weighted by molar-refractivity contribution is 4.81. The topological polar surface area (TPSA) is 12.0 Å². The van der Waals surface area contributed by atoms with E-state index in [9.17, 15) is 0 Å². The third-order valence-electron chi connectivity index (χ3n) is 5.40. The lowest BCUT2D eigenvalue weighted by Gasteiger charge is -2.34. The van der Waals surface area contributed by atoms with E-state index in [0.29, 0.717) is 0 Å². The molecule has 0 bridgehead atoms. The van der Waals surface area contributed by atoms with Crippen molar-refractivity contribution in [3.63, 3.8) is 0 Å². The monoisotopic (exact) mass is 251 g/mol. The Morgan fingerprint density at radius 1 is 1.00 bits per heavy atom. The van der Waals surface area contributed by atoms with Crippen LogP contribution in [0.4, 0.5) is 0 Å². The fourth-order valence-corrected chi connectivity index (χ4v) is 4.10. The highest BCUT2D eigenvalue weighted by atomic mass is 14.9. The molecule has 1 heteroatoms. The minimum Gasteiger partial charge on any atom is -0.314 e. The third kappa shape index (κ3) is 4.26. The van der Waals surface area contributed by atoms with Gasteiger partial charge in [0.05, 0.1) is 0 Å². The van der Waals surface area contributed by atoms with Crippen LogP contribution in [0.1, 0.15) is 72.1 Å². The van der Waals surface area contributed by atoms with Crippen LogP contribution in [0.5, 0.6) is 0 Å². The predicted molar refractivity (Wildman–Crippen MR) is 79.7 cm³/mol. The maximum Gasteiger partial charge on any atom is 0.00699 e. The summed E-state index contributed by atoms with van der Waals surface area (Å²) in [4.78, 5) is 0. The molecule has 1 nitrogen and oxygen atoms in total. The van der Waals surface area contributed by atoms with Gasteiger partial charge in [-0.05, 0) is 55.9 Å². The molecule has 1 N–H and O–H groups in total. The first kappa shape index (κ1) is 14.4. The molecule has 0 heterocycles. The molecular weight excluding hydrogens is 218 g/mol. The lowest BCUT2D eigenvalue weighted by molar-refractivity contribution is 0.211. The van der Waals surface area contributed by atoms with Crippen LogP contribution >= 0.6 is 0 Å². The van der Waals surface area contributed by atoms with Gasteiger partial charge in [-0.15, -0.1) is 0 Å². The smallest absolute Gasteiger partial charge is 0.00699 e. The lowest BCUT2D eigenvalue weighted by atomic mass is 9.78. The van der Waals surface area contributed by atoms with Crippen molar-refractivity contribution in [1.29, 1.82) is 0 Å². The summed E-state index contributed by atoms with van der Waals surface area (Å²) in [5.74, 6) is 3.79. The van der Waals surface area contributed by atoms with Crippen LogP contribution in [0.3, 0.4) is 0 Å². The minimum absolute atomic E-state index is 0.823. The van der Waals surface area contributed by atoms with Crippen molar-refractivity contribution in [3.05, 3.63) is 0 Å². The number of rotatable bonds is 4. The van der Waals surface area contributed by atoms with Gasteiger partial charge in [-0.25, -0.2) is 0 Å². The van der Waals surface area contributed by atoms with Crippen LogP contribution in [-0.2, 0) is 0 Å². The largest absolute Gasteiger partial charge is 0.314 e. The normalized spacial score (nSPS) is 38.0. The Labute approximate surface area is 114 Å². The summed E-state index contributed by atoms with van der Waals surface area (Å²) in [6.45, 7) is 8.52. The Morgan fingerprint density at radius 2 is 1.78 bits per heavy atom. The molecule has 4 unspecified atom stereocenters. The standard InChI is InChI=1S/C17H33N/c1-13(2)16-8-5-9-17(11-16)18-12-15-7-4-6-14(3)10-15/h13-18H,4-12H2,1-3H3. The van der Waals surface area contributed by atoms with E-state index < -0.39 is 0 Å². The maximum absolute atomic E-state index is 3.90. The zero-order valence-electron chi connectivity index (χ0n) is 12.8. The first-order valence-corrected chi connectivity index (χ1v) is 8.38. The summed E-state index contributed by atoms with van der Waals surface area (Å²) >= 11 is 0. The van der Waals surface area contributed by atoms with Crippen molar-refractivity contribution in [2.24, 2.45) is 23.7 Å². The van der Waals surface area contributed by atoms with Crippen molar-refractivity contribution in [2.45, 2.75) is 78.2 Å². The first-order chi connectivity index (χ1) is 8.65. The van der Waals surface area contributed by atoms with Crippen molar-refractivity contribution in [3.8, 4) is 0 Å². The fourth-order valence-electron chi connectivity index (χ4n) is 4.10. The van der Waals surface area contributed by atoms with Crippen LogP contribution in [-0.4, -0.2) is 12.6 Å². The second-order valence-electron chi connectivity index (χ2n) is 7.41. The van der Waals surface area contributed by atoms with Crippen molar-refractivity contribution in [1.82, 2.24) is 5.32 Å². The molecule has 2 rings (SSSR count). The molecule has 0 aliphatic heterocycles. The van der Waals surface area contributed by atoms with Crippen LogP contribution < -0.4 is 5.32 Å². The average Bonchev–Trinajstić information content (AvgIpc) is 2.37. The van der Waals surface area contributed by atoms with Crippen molar-refractivity contribution in [2.75, 3.05) is 6.54 Å². The summed E-state index contributed by atoms with van der Waals surface area (Å²) < 4.78 is 0. The molecular formula is C17H33N. The highest BCUT2D eigenvalue weighted by Crippen LogP contribution is 2.31. The second kappa shape index (κ2) is 6.93. The molecule has 0 aromatic heterocycles. The van der Waals surface area contributed by atoms with Crippen LogP contribution in [0.25, 0.3) is 0 Å². The van der Waals surface area contributed by atoms with E-state index in [2.05, 4.69) is 26.1 Å². The van der Waals surface area contributed by atoms with Gasteiger partial charge in [-0.2, -0.15) is 0 Å². The van der Waals surface area contributed by atoms with E-state index in [0.717, 1.165) is 29.7 Å². The fraction of sp³-hybridized carbons (Fsp3) is 1.00. The van der Waals surface area contributed by atoms with E-state index >= 15 is 0 Å². The third-order valence-corrected chi connectivity index (χ3v) is 5.40. The summed E-state index contributed by atoms with van der Waals surface area (Å²) in [5.41, 5.74) is 0. The van der Waals surface area contributed by atoms with Crippen LogP contribution in [0.2, 0.25) is 0 Å². The minimum atomic E-state index is 0.823. The summed E-state index contributed by atoms with van der Waals surface area (Å²) in [6.07, 6.45) is 11.6. The molecule has 0 amide bonds. The summed E-state index contributed by atoms with van der Waals surface area (Å²) in [5, 5.41) is 3.90. The average molecular weight is 251 g/mol. The molecule has 2 fully saturated rings. The number of hydrogen-bond donors (Lipinski definition) is 1. The first-order valence-electron chi connectivity index (χ1n) is 8.38. The van der Waals surface area contributed by atoms with E-state index in [1.54, 1.807) is 0 Å². The van der Waals surface area contributed by atoms with Crippen LogP contribution in [0, 0.1) is 23.7 Å². The van der Waals surface area contributed by atoms with E-state index in [1.807, 2.05) is 0 Å². The van der Waals surface area contributed by atoms with Gasteiger partial charge < -0.3 is 5.32 Å². The maximum atomic E-state index is 3.90. The zero-order valence-corrected chi connectivity index (χ0v) is 12.8. The molecule has 0 radical (unpaired) electrons. The number of hydrogen-bond acceptors (Lipinski definition) is 1. The van der Waals surface area contributed by atoms with Gasteiger partial charge in [0, 0.05) is 6.04 Å². The molecule has 2 saturated carbocycles. The Morgan fingerprint density at radius 3 is 2.50 bits per heavy atom. The lowest BCUT2D eigenvalue weighted by Crippen LogP contribution is -2.39. The van der Waals surface area contributed by atoms with Gasteiger partial charge in [-0.1, -0.05) is 46.5 Å². The van der Waals surface area contributed by atoms with Crippen LogP contribution in [0.15, 0.2) is 0 Å².